The van der Waals surface area contributed by atoms with Crippen molar-refractivity contribution in [2.45, 2.75) is 24.7 Å². The molecule has 0 bridgehead atoms. The van der Waals surface area contributed by atoms with Gasteiger partial charge < -0.3 is 4.90 Å². The van der Waals surface area contributed by atoms with Gasteiger partial charge >= 0.3 is 0 Å². The molecule has 92 valence electrons. The van der Waals surface area contributed by atoms with E-state index in [-0.39, 0.29) is 10.8 Å². The summed E-state index contributed by atoms with van der Waals surface area (Å²) in [4.78, 5) is 14.2. The van der Waals surface area contributed by atoms with Crippen LogP contribution >= 0.6 is 12.6 Å². The number of halogens is 1. The van der Waals surface area contributed by atoms with E-state index in [1.54, 1.807) is 0 Å². The lowest BCUT2D eigenvalue weighted by atomic mass is 10.2. The van der Waals surface area contributed by atoms with Crippen LogP contribution in [0.3, 0.4) is 0 Å². The van der Waals surface area contributed by atoms with Crippen LogP contribution in [0.15, 0.2) is 23.1 Å². The monoisotopic (exact) mass is 253 g/mol. The molecule has 1 aliphatic rings. The molecule has 1 aromatic rings. The van der Waals surface area contributed by atoms with Gasteiger partial charge in [0.2, 0.25) is 0 Å². The third kappa shape index (κ3) is 3.00. The number of hydrogen-bond acceptors (Lipinski definition) is 2. The van der Waals surface area contributed by atoms with Gasteiger partial charge in [-0.2, -0.15) is 0 Å². The van der Waals surface area contributed by atoms with E-state index in [2.05, 4.69) is 12.6 Å². The lowest BCUT2D eigenvalue weighted by Crippen LogP contribution is -2.32. The molecule has 4 heteroatoms. The number of hydrogen-bond donors (Lipinski definition) is 1. The average molecular weight is 253 g/mol. The average Bonchev–Trinajstić information content (AvgIpc) is 3.12. The van der Waals surface area contributed by atoms with Crippen LogP contribution in [0.1, 0.15) is 30.1 Å². The summed E-state index contributed by atoms with van der Waals surface area (Å²) in [5, 5.41) is 0. The third-order valence-electron chi connectivity index (χ3n) is 3.04. The molecule has 1 aromatic carbocycles. The highest BCUT2D eigenvalue weighted by Crippen LogP contribution is 2.30. The van der Waals surface area contributed by atoms with Crippen molar-refractivity contribution in [3.63, 3.8) is 0 Å². The molecule has 0 N–H and O–H groups in total. The van der Waals surface area contributed by atoms with E-state index in [1.165, 1.54) is 31.0 Å². The highest BCUT2D eigenvalue weighted by molar-refractivity contribution is 7.80. The maximum atomic E-state index is 13.1. The first-order chi connectivity index (χ1) is 8.11. The van der Waals surface area contributed by atoms with Gasteiger partial charge in [-0.1, -0.05) is 0 Å². The molecule has 2 rings (SSSR count). The van der Waals surface area contributed by atoms with E-state index in [0.717, 1.165) is 6.54 Å². The molecule has 0 heterocycles. The third-order valence-corrected chi connectivity index (χ3v) is 3.38. The van der Waals surface area contributed by atoms with Crippen LogP contribution < -0.4 is 0 Å². The smallest absolute Gasteiger partial charge is 0.253 e. The van der Waals surface area contributed by atoms with Crippen molar-refractivity contribution < 1.29 is 9.18 Å². The Kier molecular flexibility index (Phi) is 3.72. The molecular weight excluding hydrogens is 237 g/mol. The molecule has 17 heavy (non-hydrogen) atoms. The van der Waals surface area contributed by atoms with Crippen molar-refractivity contribution in [2.24, 2.45) is 5.92 Å². The maximum Gasteiger partial charge on any atom is 0.253 e. The minimum Gasteiger partial charge on any atom is -0.339 e. The molecule has 2 nitrogen and oxygen atoms in total. The Hall–Kier alpha value is -1.03. The van der Waals surface area contributed by atoms with Crippen LogP contribution in [0.2, 0.25) is 0 Å². The Labute approximate surface area is 106 Å². The molecule has 0 saturated heterocycles. The van der Waals surface area contributed by atoms with Crippen molar-refractivity contribution in [3.8, 4) is 0 Å². The second-order valence-electron chi connectivity index (χ2n) is 4.45. The van der Waals surface area contributed by atoms with Crippen molar-refractivity contribution >= 4 is 18.5 Å². The molecule has 0 spiro atoms. The van der Waals surface area contributed by atoms with E-state index in [9.17, 15) is 9.18 Å². The summed E-state index contributed by atoms with van der Waals surface area (Å²) in [5.74, 6) is 0.236. The lowest BCUT2D eigenvalue weighted by molar-refractivity contribution is 0.0756. The molecule has 0 radical (unpaired) electrons. The Morgan fingerprint density at radius 1 is 1.53 bits per heavy atom. The second kappa shape index (κ2) is 5.08. The van der Waals surface area contributed by atoms with Crippen molar-refractivity contribution in [3.05, 3.63) is 29.6 Å². The number of carbonyl (C=O) groups excluding carboxylic acids is 1. The van der Waals surface area contributed by atoms with E-state index >= 15 is 0 Å². The maximum absolute atomic E-state index is 13.1. The lowest BCUT2D eigenvalue weighted by Gasteiger charge is -2.20. The summed E-state index contributed by atoms with van der Waals surface area (Å²) in [6.07, 6.45) is 2.43. The SMILES string of the molecule is CCN(CC1CC1)C(=O)c1ccc(F)c(S)c1. The van der Waals surface area contributed by atoms with E-state index in [0.29, 0.717) is 18.0 Å². The predicted octanol–water partition coefficient (Wildman–Crippen LogP) is 2.99. The summed E-state index contributed by atoms with van der Waals surface area (Å²) >= 11 is 4.00. The van der Waals surface area contributed by atoms with E-state index in [1.807, 2.05) is 11.8 Å². The largest absolute Gasteiger partial charge is 0.339 e. The minimum absolute atomic E-state index is 0.0327. The Bertz CT molecular complexity index is 431. The van der Waals surface area contributed by atoms with Crippen LogP contribution in [-0.2, 0) is 0 Å². The van der Waals surface area contributed by atoms with Gasteiger partial charge in [0.05, 0.1) is 0 Å². The zero-order chi connectivity index (χ0) is 12.4. The zero-order valence-electron chi connectivity index (χ0n) is 9.82. The summed E-state index contributed by atoms with van der Waals surface area (Å²) in [5.41, 5.74) is 0.513. The number of carbonyl (C=O) groups is 1. The number of thiol groups is 1. The van der Waals surface area contributed by atoms with Crippen LogP contribution in [0.4, 0.5) is 4.39 Å². The molecule has 0 unspecified atom stereocenters. The minimum atomic E-state index is -0.393. The zero-order valence-corrected chi connectivity index (χ0v) is 10.7. The summed E-state index contributed by atoms with van der Waals surface area (Å²) in [7, 11) is 0. The summed E-state index contributed by atoms with van der Waals surface area (Å²) in [6, 6.07) is 4.31. The van der Waals surface area contributed by atoms with Gasteiger partial charge in [-0.3, -0.25) is 4.79 Å². The molecule has 0 atom stereocenters. The van der Waals surface area contributed by atoms with Crippen LogP contribution in [0.5, 0.6) is 0 Å². The van der Waals surface area contributed by atoms with Gasteiger partial charge in [0, 0.05) is 23.5 Å². The summed E-state index contributed by atoms with van der Waals surface area (Å²) < 4.78 is 13.1. The van der Waals surface area contributed by atoms with Gasteiger partial charge in [-0.05, 0) is 43.9 Å². The summed E-state index contributed by atoms with van der Waals surface area (Å²) in [6.45, 7) is 3.47. The van der Waals surface area contributed by atoms with E-state index < -0.39 is 5.82 Å². The fourth-order valence-electron chi connectivity index (χ4n) is 1.80. The molecule has 0 aromatic heterocycles. The number of rotatable bonds is 4. The van der Waals surface area contributed by atoms with Crippen LogP contribution in [0, 0.1) is 11.7 Å². The van der Waals surface area contributed by atoms with Crippen LogP contribution in [0.25, 0.3) is 0 Å². The fraction of sp³-hybridized carbons (Fsp3) is 0.462. The Morgan fingerprint density at radius 2 is 2.24 bits per heavy atom. The topological polar surface area (TPSA) is 20.3 Å². The number of benzene rings is 1. The molecule has 1 saturated carbocycles. The highest BCUT2D eigenvalue weighted by atomic mass is 32.1. The highest BCUT2D eigenvalue weighted by Gasteiger charge is 2.26. The molecule has 1 fully saturated rings. The molecular formula is C13H16FNOS. The number of nitrogens with zero attached hydrogens (tertiary/aromatic N) is 1. The van der Waals surface area contributed by atoms with Gasteiger partial charge in [-0.15, -0.1) is 12.6 Å². The first-order valence-corrected chi connectivity index (χ1v) is 6.34. The van der Waals surface area contributed by atoms with Gasteiger partial charge in [0.15, 0.2) is 0 Å². The standard InChI is InChI=1S/C13H16FNOS/c1-2-15(8-9-3-4-9)13(16)10-5-6-11(14)12(17)7-10/h5-7,9,17H,2-4,8H2,1H3. The van der Waals surface area contributed by atoms with Crippen molar-refractivity contribution in [2.75, 3.05) is 13.1 Å². The quantitative estimate of drug-likeness (QED) is 0.818. The molecule has 1 amide bonds. The Morgan fingerprint density at radius 3 is 2.76 bits per heavy atom. The molecule has 1 aliphatic carbocycles. The van der Waals surface area contributed by atoms with Gasteiger partial charge in [-0.25, -0.2) is 4.39 Å². The van der Waals surface area contributed by atoms with E-state index in [4.69, 9.17) is 0 Å². The Balaban J connectivity index is 2.12. The normalized spacial score (nSPS) is 14.8. The van der Waals surface area contributed by atoms with Crippen molar-refractivity contribution in [1.29, 1.82) is 0 Å². The van der Waals surface area contributed by atoms with Gasteiger partial charge in [0.25, 0.3) is 5.91 Å². The number of amides is 1. The van der Waals surface area contributed by atoms with Crippen molar-refractivity contribution in [1.82, 2.24) is 4.90 Å². The first kappa shape index (κ1) is 12.4. The van der Waals surface area contributed by atoms with Gasteiger partial charge in [0.1, 0.15) is 5.82 Å². The first-order valence-electron chi connectivity index (χ1n) is 5.89. The fourth-order valence-corrected chi connectivity index (χ4v) is 2.01. The predicted molar refractivity (Wildman–Crippen MR) is 68.0 cm³/mol. The second-order valence-corrected chi connectivity index (χ2v) is 4.94. The van der Waals surface area contributed by atoms with Crippen LogP contribution in [-0.4, -0.2) is 23.9 Å². The molecule has 0 aliphatic heterocycles.